The van der Waals surface area contributed by atoms with Crippen molar-refractivity contribution in [1.82, 2.24) is 0 Å². The number of rotatable bonds is 6. The topological polar surface area (TPSA) is 125 Å². The Kier molecular flexibility index (Phi) is 7.75. The van der Waals surface area contributed by atoms with Crippen molar-refractivity contribution in [1.29, 1.82) is 0 Å². The molecule has 1 aliphatic heterocycles. The predicted octanol–water partition coefficient (Wildman–Crippen LogP) is 3.18. The molecule has 2 fully saturated rings. The minimum absolute atomic E-state index is 0.0404. The molecule has 3 aliphatic rings. The molecule has 200 valence electrons. The highest BCUT2D eigenvalue weighted by atomic mass is 16.6. The van der Waals surface area contributed by atoms with Gasteiger partial charge in [0.25, 0.3) is 0 Å². The largest absolute Gasteiger partial charge is 0.461 e. The number of ether oxygens (including phenoxy) is 4. The first-order chi connectivity index (χ1) is 16.7. The third kappa shape index (κ3) is 4.82. The van der Waals surface area contributed by atoms with Crippen molar-refractivity contribution in [3.8, 4) is 0 Å². The Hall–Kier alpha value is -2.68. The molecule has 9 heteroatoms. The third-order valence-electron chi connectivity index (χ3n) is 8.10. The molecular formula is C27H38O9. The molecule has 0 spiro atoms. The molecule has 2 aliphatic carbocycles. The molecule has 0 bridgehead atoms. The molecule has 0 radical (unpaired) electrons. The van der Waals surface area contributed by atoms with E-state index in [1.165, 1.54) is 13.8 Å². The van der Waals surface area contributed by atoms with Gasteiger partial charge in [-0.2, -0.15) is 0 Å². The fraction of sp³-hybridized carbons (Fsp3) is 0.704. The van der Waals surface area contributed by atoms with Crippen molar-refractivity contribution in [2.75, 3.05) is 0 Å². The van der Waals surface area contributed by atoms with Crippen molar-refractivity contribution < 1.29 is 43.2 Å². The molecule has 0 aromatic rings. The van der Waals surface area contributed by atoms with Crippen molar-refractivity contribution in [3.63, 3.8) is 0 Å². The number of allylic oxidation sites excluding steroid dienone is 1. The molecule has 1 heterocycles. The fourth-order valence-corrected chi connectivity index (χ4v) is 5.67. The van der Waals surface area contributed by atoms with Crippen LogP contribution in [0.1, 0.15) is 74.7 Å². The summed E-state index contributed by atoms with van der Waals surface area (Å²) in [6, 6.07) is 0. The van der Waals surface area contributed by atoms with Gasteiger partial charge < -0.3 is 24.1 Å². The molecule has 1 N–H and O–H groups in total. The maximum absolute atomic E-state index is 12.8. The fourth-order valence-electron chi connectivity index (χ4n) is 5.67. The van der Waals surface area contributed by atoms with Gasteiger partial charge in [-0.15, -0.1) is 0 Å². The Bertz CT molecular complexity index is 1010. The summed E-state index contributed by atoms with van der Waals surface area (Å²) >= 11 is 0. The zero-order valence-corrected chi connectivity index (χ0v) is 22.4. The summed E-state index contributed by atoms with van der Waals surface area (Å²) in [7, 11) is 0. The summed E-state index contributed by atoms with van der Waals surface area (Å²) < 4.78 is 23.3. The maximum atomic E-state index is 12.8. The number of esters is 4. The van der Waals surface area contributed by atoms with Crippen LogP contribution in [0.25, 0.3) is 0 Å². The van der Waals surface area contributed by atoms with Crippen LogP contribution in [0.15, 0.2) is 22.8 Å². The molecule has 0 aromatic heterocycles. The van der Waals surface area contributed by atoms with E-state index in [4.69, 9.17) is 18.9 Å². The van der Waals surface area contributed by atoms with Crippen LogP contribution in [0.5, 0.6) is 0 Å². The lowest BCUT2D eigenvalue weighted by molar-refractivity contribution is -0.177. The zero-order valence-electron chi connectivity index (χ0n) is 22.4. The predicted molar refractivity (Wildman–Crippen MR) is 128 cm³/mol. The van der Waals surface area contributed by atoms with E-state index in [2.05, 4.69) is 0 Å². The quantitative estimate of drug-likeness (QED) is 0.250. The van der Waals surface area contributed by atoms with E-state index < -0.39 is 71.1 Å². The molecular weight excluding hydrogens is 468 g/mol. The highest BCUT2D eigenvalue weighted by molar-refractivity contribution is 5.88. The average Bonchev–Trinajstić information content (AvgIpc) is 3.20. The normalized spacial score (nSPS) is 36.9. The Balaban J connectivity index is 2.14. The Morgan fingerprint density at radius 3 is 2.42 bits per heavy atom. The monoisotopic (exact) mass is 506 g/mol. The van der Waals surface area contributed by atoms with Crippen LogP contribution in [0, 0.1) is 17.8 Å². The number of aliphatic hydroxyl groups is 1. The van der Waals surface area contributed by atoms with Gasteiger partial charge in [-0.25, -0.2) is 9.59 Å². The van der Waals surface area contributed by atoms with E-state index in [0.29, 0.717) is 29.6 Å². The summed E-state index contributed by atoms with van der Waals surface area (Å²) in [5.74, 6) is -4.10. The number of carbonyl (C=O) groups is 4. The van der Waals surface area contributed by atoms with Crippen LogP contribution in [-0.2, 0) is 38.1 Å². The van der Waals surface area contributed by atoms with Gasteiger partial charge in [-0.3, -0.25) is 9.59 Å². The number of fused-ring (bicyclic) bond motifs is 3. The van der Waals surface area contributed by atoms with Crippen LogP contribution >= 0.6 is 0 Å². The summed E-state index contributed by atoms with van der Waals surface area (Å²) in [4.78, 5) is 50.4. The minimum atomic E-state index is -1.94. The molecule has 1 saturated carbocycles. The molecule has 8 atom stereocenters. The summed E-state index contributed by atoms with van der Waals surface area (Å²) in [5, 5.41) is 11.2. The molecule has 36 heavy (non-hydrogen) atoms. The smallest absolute Gasteiger partial charge is 0.339 e. The first-order valence-electron chi connectivity index (χ1n) is 12.6. The number of hydrogen-bond donors (Lipinski definition) is 1. The van der Waals surface area contributed by atoms with E-state index >= 15 is 0 Å². The van der Waals surface area contributed by atoms with Gasteiger partial charge in [0.15, 0.2) is 5.60 Å². The van der Waals surface area contributed by atoms with Crippen LogP contribution in [-0.4, -0.2) is 58.5 Å². The van der Waals surface area contributed by atoms with E-state index in [-0.39, 0.29) is 6.42 Å². The number of hydrogen-bond acceptors (Lipinski definition) is 9. The minimum Gasteiger partial charge on any atom is -0.461 e. The molecule has 0 aromatic carbocycles. The van der Waals surface area contributed by atoms with E-state index in [1.54, 1.807) is 40.7 Å². The van der Waals surface area contributed by atoms with Crippen molar-refractivity contribution in [2.45, 2.75) is 104 Å². The van der Waals surface area contributed by atoms with Gasteiger partial charge in [-0.1, -0.05) is 19.9 Å². The van der Waals surface area contributed by atoms with Gasteiger partial charge in [0.05, 0.1) is 11.8 Å². The summed E-state index contributed by atoms with van der Waals surface area (Å²) in [5.41, 5.74) is -1.36. The van der Waals surface area contributed by atoms with Crippen LogP contribution in [0.2, 0.25) is 0 Å². The highest BCUT2D eigenvalue weighted by Crippen LogP contribution is 2.55. The second-order valence-corrected chi connectivity index (χ2v) is 10.7. The van der Waals surface area contributed by atoms with Crippen molar-refractivity contribution in [3.05, 3.63) is 22.8 Å². The van der Waals surface area contributed by atoms with E-state index in [0.717, 1.165) is 0 Å². The van der Waals surface area contributed by atoms with E-state index in [1.807, 2.05) is 6.92 Å². The van der Waals surface area contributed by atoms with Gasteiger partial charge >= 0.3 is 23.9 Å². The SMILES string of the molecule is CC=C(C)C(=O)O[C@H]1C[C@@H]2C(=C1C)[C@@H]1OC(=O)[C@](C)(O)[C@H]1[C@H](OC(=O)[C@H](C)CC)C[C@@]2(C)OC(C)=O. The average molecular weight is 507 g/mol. The van der Waals surface area contributed by atoms with E-state index in [9.17, 15) is 24.3 Å². The second kappa shape index (κ2) is 10.00. The van der Waals surface area contributed by atoms with Crippen LogP contribution in [0.4, 0.5) is 0 Å². The van der Waals surface area contributed by atoms with Gasteiger partial charge in [-0.05, 0) is 58.6 Å². The van der Waals surface area contributed by atoms with Crippen LogP contribution in [0.3, 0.4) is 0 Å². The lowest BCUT2D eigenvalue weighted by Crippen LogP contribution is -2.49. The summed E-state index contributed by atoms with van der Waals surface area (Å²) in [6.45, 7) is 13.2. The zero-order chi connectivity index (χ0) is 27.2. The van der Waals surface area contributed by atoms with Crippen LogP contribution < -0.4 is 0 Å². The Morgan fingerprint density at radius 1 is 1.22 bits per heavy atom. The van der Waals surface area contributed by atoms with Gasteiger partial charge in [0, 0.05) is 24.8 Å². The lowest BCUT2D eigenvalue weighted by Gasteiger charge is -2.37. The standard InChI is InChI=1S/C27H38O9/c1-9-13(3)23(29)33-18-11-17-20(15(18)5)22-21(27(8,32)25(31)35-22)19(34-24(30)14(4)10-2)12-26(17,7)36-16(6)28/h9,14,17-19,21-22,32H,10-12H2,1-8H3/t14-,17-,18+,19-,21+,22+,26-,27-/m1/s1. The third-order valence-corrected chi connectivity index (χ3v) is 8.10. The Morgan fingerprint density at radius 2 is 1.86 bits per heavy atom. The molecule has 9 nitrogen and oxygen atoms in total. The van der Waals surface area contributed by atoms with Crippen molar-refractivity contribution >= 4 is 23.9 Å². The lowest BCUT2D eigenvalue weighted by atomic mass is 9.80. The molecule has 1 saturated heterocycles. The van der Waals surface area contributed by atoms with Gasteiger partial charge in [0.2, 0.25) is 0 Å². The second-order valence-electron chi connectivity index (χ2n) is 10.7. The number of carbonyl (C=O) groups excluding carboxylic acids is 4. The van der Waals surface area contributed by atoms with Crippen molar-refractivity contribution in [2.24, 2.45) is 17.8 Å². The summed E-state index contributed by atoms with van der Waals surface area (Å²) in [6.07, 6.45) is 0.0184. The highest BCUT2D eigenvalue weighted by Gasteiger charge is 2.65. The van der Waals surface area contributed by atoms with Gasteiger partial charge in [0.1, 0.15) is 23.9 Å². The maximum Gasteiger partial charge on any atom is 0.339 e. The first-order valence-corrected chi connectivity index (χ1v) is 12.6. The molecule has 3 rings (SSSR count). The molecule has 0 amide bonds. The first kappa shape index (κ1) is 27.9. The molecule has 0 unspecified atom stereocenters. The Labute approximate surface area is 212 Å².